The van der Waals surface area contributed by atoms with Crippen LogP contribution in [-0.4, -0.2) is 35.4 Å². The number of carbonyl (C=O) groups excluding carboxylic acids is 1. The maximum absolute atomic E-state index is 11.4. The quantitative estimate of drug-likeness (QED) is 0.556. The average molecular weight is 203 g/mol. The summed E-state index contributed by atoms with van der Waals surface area (Å²) in [7, 11) is 0. The van der Waals surface area contributed by atoms with Crippen molar-refractivity contribution < 1.29 is 15.0 Å². The van der Waals surface area contributed by atoms with Crippen molar-refractivity contribution >= 4 is 5.91 Å². The van der Waals surface area contributed by atoms with E-state index in [4.69, 9.17) is 10.2 Å². The standard InChI is InChI=1S/C10H21NO3/c1-3-4-5-8(2)10(14)11-9(6-12)7-13/h8-9,12-13H,3-7H2,1-2H3,(H,11,14). The van der Waals surface area contributed by atoms with Gasteiger partial charge in [-0.3, -0.25) is 4.79 Å². The molecule has 0 aliphatic carbocycles. The summed E-state index contributed by atoms with van der Waals surface area (Å²) < 4.78 is 0. The average Bonchev–Trinajstić information content (AvgIpc) is 2.21. The van der Waals surface area contributed by atoms with Gasteiger partial charge in [0.1, 0.15) is 0 Å². The summed E-state index contributed by atoms with van der Waals surface area (Å²) in [4.78, 5) is 11.4. The van der Waals surface area contributed by atoms with Crippen LogP contribution in [0.3, 0.4) is 0 Å². The highest BCUT2D eigenvalue weighted by molar-refractivity contribution is 5.78. The van der Waals surface area contributed by atoms with Crippen molar-refractivity contribution in [3.63, 3.8) is 0 Å². The maximum Gasteiger partial charge on any atom is 0.223 e. The van der Waals surface area contributed by atoms with Gasteiger partial charge in [-0.2, -0.15) is 0 Å². The molecule has 0 aromatic heterocycles. The fraction of sp³-hybridized carbons (Fsp3) is 0.900. The molecule has 0 rings (SSSR count). The molecule has 4 heteroatoms. The van der Waals surface area contributed by atoms with E-state index in [-0.39, 0.29) is 25.0 Å². The number of amides is 1. The molecule has 0 saturated carbocycles. The molecule has 0 heterocycles. The zero-order chi connectivity index (χ0) is 11.0. The van der Waals surface area contributed by atoms with Crippen molar-refractivity contribution in [2.24, 2.45) is 5.92 Å². The van der Waals surface area contributed by atoms with Crippen LogP contribution in [0.4, 0.5) is 0 Å². The van der Waals surface area contributed by atoms with Gasteiger partial charge >= 0.3 is 0 Å². The van der Waals surface area contributed by atoms with Crippen LogP contribution in [0.25, 0.3) is 0 Å². The molecule has 3 N–H and O–H groups in total. The Morgan fingerprint density at radius 3 is 2.36 bits per heavy atom. The number of nitrogens with one attached hydrogen (secondary N) is 1. The zero-order valence-corrected chi connectivity index (χ0v) is 8.99. The van der Waals surface area contributed by atoms with Gasteiger partial charge in [0.05, 0.1) is 19.3 Å². The molecular weight excluding hydrogens is 182 g/mol. The molecule has 84 valence electrons. The maximum atomic E-state index is 11.4. The summed E-state index contributed by atoms with van der Waals surface area (Å²) in [5.74, 6) is -0.137. The first-order chi connectivity index (χ1) is 6.65. The van der Waals surface area contributed by atoms with Crippen LogP contribution in [0.5, 0.6) is 0 Å². The van der Waals surface area contributed by atoms with E-state index in [0.29, 0.717) is 0 Å². The Balaban J connectivity index is 3.81. The van der Waals surface area contributed by atoms with Gasteiger partial charge in [0, 0.05) is 5.92 Å². The molecule has 0 fully saturated rings. The fourth-order valence-electron chi connectivity index (χ4n) is 1.13. The van der Waals surface area contributed by atoms with E-state index in [9.17, 15) is 4.79 Å². The fourth-order valence-corrected chi connectivity index (χ4v) is 1.13. The molecule has 0 bridgehead atoms. The highest BCUT2D eigenvalue weighted by Gasteiger charge is 2.15. The predicted octanol–water partition coefficient (Wildman–Crippen LogP) is 0.282. The Labute approximate surface area is 85.3 Å². The SMILES string of the molecule is CCCCC(C)C(=O)NC(CO)CO. The summed E-state index contributed by atoms with van der Waals surface area (Å²) in [6.45, 7) is 3.50. The van der Waals surface area contributed by atoms with E-state index in [1.807, 2.05) is 6.92 Å². The second kappa shape index (κ2) is 7.76. The van der Waals surface area contributed by atoms with Gasteiger partial charge in [0.15, 0.2) is 0 Å². The zero-order valence-electron chi connectivity index (χ0n) is 8.99. The smallest absolute Gasteiger partial charge is 0.223 e. The van der Waals surface area contributed by atoms with Gasteiger partial charge in [0.2, 0.25) is 5.91 Å². The first kappa shape index (κ1) is 13.4. The number of aliphatic hydroxyl groups excluding tert-OH is 2. The van der Waals surface area contributed by atoms with Crippen LogP contribution in [0.2, 0.25) is 0 Å². The van der Waals surface area contributed by atoms with E-state index in [1.165, 1.54) is 0 Å². The monoisotopic (exact) mass is 203 g/mol. The van der Waals surface area contributed by atoms with E-state index in [0.717, 1.165) is 19.3 Å². The number of rotatable bonds is 7. The van der Waals surface area contributed by atoms with Gasteiger partial charge in [-0.25, -0.2) is 0 Å². The third-order valence-electron chi connectivity index (χ3n) is 2.23. The third kappa shape index (κ3) is 5.19. The summed E-state index contributed by atoms with van der Waals surface area (Å²) in [5.41, 5.74) is 0. The van der Waals surface area contributed by atoms with Crippen LogP contribution in [0.15, 0.2) is 0 Å². The normalized spacial score (nSPS) is 12.9. The topological polar surface area (TPSA) is 69.6 Å². The lowest BCUT2D eigenvalue weighted by Gasteiger charge is -2.17. The highest BCUT2D eigenvalue weighted by Crippen LogP contribution is 2.07. The predicted molar refractivity (Wildman–Crippen MR) is 54.8 cm³/mol. The Morgan fingerprint density at radius 2 is 1.93 bits per heavy atom. The first-order valence-electron chi connectivity index (χ1n) is 5.17. The third-order valence-corrected chi connectivity index (χ3v) is 2.23. The largest absolute Gasteiger partial charge is 0.394 e. The van der Waals surface area contributed by atoms with Crippen molar-refractivity contribution in [3.05, 3.63) is 0 Å². The molecule has 0 saturated heterocycles. The molecule has 0 radical (unpaired) electrons. The van der Waals surface area contributed by atoms with E-state index in [1.54, 1.807) is 0 Å². The van der Waals surface area contributed by atoms with Gasteiger partial charge < -0.3 is 15.5 Å². The minimum Gasteiger partial charge on any atom is -0.394 e. The first-order valence-corrected chi connectivity index (χ1v) is 5.17. The second-order valence-corrected chi connectivity index (χ2v) is 3.61. The lowest BCUT2D eigenvalue weighted by atomic mass is 10.0. The van der Waals surface area contributed by atoms with E-state index in [2.05, 4.69) is 12.2 Å². The number of aliphatic hydroxyl groups is 2. The Bertz CT molecular complexity index is 157. The van der Waals surface area contributed by atoms with Crippen molar-refractivity contribution in [2.45, 2.75) is 39.2 Å². The number of hydrogen-bond acceptors (Lipinski definition) is 3. The van der Waals surface area contributed by atoms with Crippen LogP contribution in [0.1, 0.15) is 33.1 Å². The number of carbonyl (C=O) groups is 1. The van der Waals surface area contributed by atoms with Gasteiger partial charge in [-0.1, -0.05) is 26.7 Å². The molecule has 0 aliphatic heterocycles. The molecule has 4 nitrogen and oxygen atoms in total. The molecular formula is C10H21NO3. The van der Waals surface area contributed by atoms with E-state index >= 15 is 0 Å². The lowest BCUT2D eigenvalue weighted by Crippen LogP contribution is -2.42. The second-order valence-electron chi connectivity index (χ2n) is 3.61. The molecule has 0 aromatic carbocycles. The van der Waals surface area contributed by atoms with Crippen LogP contribution in [-0.2, 0) is 4.79 Å². The van der Waals surface area contributed by atoms with Crippen LogP contribution in [0, 0.1) is 5.92 Å². The molecule has 1 unspecified atom stereocenters. The molecule has 1 amide bonds. The number of hydrogen-bond donors (Lipinski definition) is 3. The Hall–Kier alpha value is -0.610. The van der Waals surface area contributed by atoms with Gasteiger partial charge in [-0.15, -0.1) is 0 Å². The molecule has 0 spiro atoms. The number of unbranched alkanes of at least 4 members (excludes halogenated alkanes) is 1. The summed E-state index contributed by atoms with van der Waals surface area (Å²) in [6.07, 6.45) is 2.95. The molecule has 0 aromatic rings. The minimum atomic E-state index is -0.522. The lowest BCUT2D eigenvalue weighted by molar-refractivity contribution is -0.126. The van der Waals surface area contributed by atoms with Crippen LogP contribution < -0.4 is 5.32 Å². The van der Waals surface area contributed by atoms with E-state index < -0.39 is 6.04 Å². The Morgan fingerprint density at radius 1 is 1.36 bits per heavy atom. The molecule has 1 atom stereocenters. The summed E-state index contributed by atoms with van der Waals surface area (Å²) >= 11 is 0. The molecule has 0 aliphatic rings. The summed E-state index contributed by atoms with van der Waals surface area (Å²) in [6, 6.07) is -0.522. The van der Waals surface area contributed by atoms with Crippen molar-refractivity contribution in [3.8, 4) is 0 Å². The highest BCUT2D eigenvalue weighted by atomic mass is 16.3. The Kier molecular flexibility index (Phi) is 7.42. The van der Waals surface area contributed by atoms with Crippen molar-refractivity contribution in [2.75, 3.05) is 13.2 Å². The van der Waals surface area contributed by atoms with Crippen LogP contribution >= 0.6 is 0 Å². The minimum absolute atomic E-state index is 0.0458. The van der Waals surface area contributed by atoms with Gasteiger partial charge in [0.25, 0.3) is 0 Å². The summed E-state index contributed by atoms with van der Waals surface area (Å²) in [5, 5.41) is 20.1. The van der Waals surface area contributed by atoms with Crippen molar-refractivity contribution in [1.82, 2.24) is 5.32 Å². The van der Waals surface area contributed by atoms with Gasteiger partial charge in [-0.05, 0) is 6.42 Å². The molecule has 14 heavy (non-hydrogen) atoms. The van der Waals surface area contributed by atoms with Crippen molar-refractivity contribution in [1.29, 1.82) is 0 Å².